The van der Waals surface area contributed by atoms with Gasteiger partial charge in [-0.1, -0.05) is 30.3 Å². The van der Waals surface area contributed by atoms with E-state index >= 15 is 0 Å². The summed E-state index contributed by atoms with van der Waals surface area (Å²) in [6, 6.07) is 15.2. The molecule has 1 aromatic heterocycles. The molecule has 6 nitrogen and oxygen atoms in total. The first-order valence-electron chi connectivity index (χ1n) is 7.93. The van der Waals surface area contributed by atoms with Crippen LogP contribution in [0.2, 0.25) is 0 Å². The van der Waals surface area contributed by atoms with Gasteiger partial charge in [-0.05, 0) is 42.8 Å². The molecule has 3 N–H and O–H groups in total. The minimum Gasteiger partial charge on any atom is -0.459 e. The Morgan fingerprint density at radius 1 is 1.15 bits per heavy atom. The highest BCUT2D eigenvalue weighted by atomic mass is 32.2. The summed E-state index contributed by atoms with van der Waals surface area (Å²) in [4.78, 5) is 12.1. The molecule has 0 spiro atoms. The van der Waals surface area contributed by atoms with E-state index in [9.17, 15) is 13.2 Å². The number of amides is 1. The predicted octanol–water partition coefficient (Wildman–Crippen LogP) is 2.97. The molecule has 3 aromatic rings. The molecule has 7 heteroatoms. The predicted molar refractivity (Wildman–Crippen MR) is 99.6 cm³/mol. The molecule has 0 saturated carbocycles. The van der Waals surface area contributed by atoms with Crippen LogP contribution in [-0.4, -0.2) is 14.3 Å². The zero-order valence-corrected chi connectivity index (χ0v) is 14.9. The molecule has 3 rings (SSSR count). The van der Waals surface area contributed by atoms with Gasteiger partial charge in [-0.15, -0.1) is 0 Å². The molecule has 26 heavy (non-hydrogen) atoms. The second-order valence-corrected chi connectivity index (χ2v) is 7.43. The van der Waals surface area contributed by atoms with Crippen molar-refractivity contribution in [3.05, 3.63) is 72.0 Å². The first kappa shape index (κ1) is 17.9. The fourth-order valence-corrected chi connectivity index (χ4v) is 3.00. The molecule has 0 aliphatic carbocycles. The first-order chi connectivity index (χ1) is 12.3. The highest BCUT2D eigenvalue weighted by molar-refractivity contribution is 7.89. The lowest BCUT2D eigenvalue weighted by atomic mass is 10.2. The number of hydrogen-bond donors (Lipinski definition) is 2. The van der Waals surface area contributed by atoms with Crippen LogP contribution in [0.1, 0.15) is 24.3 Å². The zero-order valence-electron chi connectivity index (χ0n) is 14.0. The van der Waals surface area contributed by atoms with E-state index in [0.717, 1.165) is 11.0 Å². The lowest BCUT2D eigenvalue weighted by Gasteiger charge is -2.09. The molecule has 0 fully saturated rings. The number of para-hydroxylation sites is 1. The number of furan rings is 1. The van der Waals surface area contributed by atoms with Crippen LogP contribution in [0, 0.1) is 0 Å². The zero-order chi connectivity index (χ0) is 18.7. The van der Waals surface area contributed by atoms with Crippen molar-refractivity contribution in [1.29, 1.82) is 0 Å². The van der Waals surface area contributed by atoms with E-state index in [1.807, 2.05) is 37.3 Å². The van der Waals surface area contributed by atoms with E-state index in [2.05, 4.69) is 5.32 Å². The number of carbonyl (C=O) groups excluding carboxylic acids is 1. The highest BCUT2D eigenvalue weighted by Gasteiger charge is 2.13. The number of nitrogens with one attached hydrogen (secondary N) is 1. The fourth-order valence-electron chi connectivity index (χ4n) is 2.49. The van der Waals surface area contributed by atoms with Gasteiger partial charge in [0.1, 0.15) is 11.3 Å². The minimum atomic E-state index is -3.72. The van der Waals surface area contributed by atoms with Crippen LogP contribution in [0.4, 0.5) is 0 Å². The van der Waals surface area contributed by atoms with E-state index < -0.39 is 10.0 Å². The van der Waals surface area contributed by atoms with Crippen LogP contribution in [0.3, 0.4) is 0 Å². The quantitative estimate of drug-likeness (QED) is 0.674. The van der Waals surface area contributed by atoms with Gasteiger partial charge >= 0.3 is 0 Å². The van der Waals surface area contributed by atoms with Crippen molar-refractivity contribution in [2.24, 2.45) is 5.14 Å². The molecular weight excluding hydrogens is 352 g/mol. The summed E-state index contributed by atoms with van der Waals surface area (Å²) in [5, 5.41) is 8.86. The number of primary sulfonamides is 1. The van der Waals surface area contributed by atoms with E-state index in [-0.39, 0.29) is 16.8 Å². The standard InChI is InChI=1S/C19H18N2O4S/c1-13(18-12-15-4-2-3-5-17(15)25-18)21-19(22)11-8-14-6-9-16(10-7-14)26(20,23)24/h2-13H,1H3,(H,21,22)(H2,20,23,24). The van der Waals surface area contributed by atoms with Crippen molar-refractivity contribution in [3.63, 3.8) is 0 Å². The van der Waals surface area contributed by atoms with Crippen molar-refractivity contribution >= 4 is 33.0 Å². The fraction of sp³-hybridized carbons (Fsp3) is 0.105. The van der Waals surface area contributed by atoms with Crippen LogP contribution in [-0.2, 0) is 14.8 Å². The maximum atomic E-state index is 12.1. The lowest BCUT2D eigenvalue weighted by Crippen LogP contribution is -2.24. The van der Waals surface area contributed by atoms with Gasteiger partial charge in [-0.2, -0.15) is 0 Å². The van der Waals surface area contributed by atoms with Gasteiger partial charge in [-0.3, -0.25) is 4.79 Å². The average molecular weight is 370 g/mol. The Bertz CT molecular complexity index is 1030. The SMILES string of the molecule is CC(NC(=O)C=Cc1ccc(S(N)(=O)=O)cc1)c1cc2ccccc2o1. The third kappa shape index (κ3) is 4.19. The molecule has 1 atom stereocenters. The van der Waals surface area contributed by atoms with Gasteiger partial charge in [0, 0.05) is 11.5 Å². The Morgan fingerprint density at radius 3 is 2.50 bits per heavy atom. The van der Waals surface area contributed by atoms with Crippen molar-refractivity contribution in [2.45, 2.75) is 17.9 Å². The van der Waals surface area contributed by atoms with Gasteiger partial charge in [0.15, 0.2) is 0 Å². The van der Waals surface area contributed by atoms with Crippen LogP contribution in [0.15, 0.2) is 70.0 Å². The van der Waals surface area contributed by atoms with E-state index in [0.29, 0.717) is 11.3 Å². The summed E-state index contributed by atoms with van der Waals surface area (Å²) >= 11 is 0. The Balaban J connectivity index is 1.65. The van der Waals surface area contributed by atoms with Crippen molar-refractivity contribution in [3.8, 4) is 0 Å². The molecule has 1 unspecified atom stereocenters. The third-order valence-corrected chi connectivity index (χ3v) is 4.80. The molecular formula is C19H18N2O4S. The largest absolute Gasteiger partial charge is 0.459 e. The molecule has 0 saturated heterocycles. The van der Waals surface area contributed by atoms with E-state index in [1.54, 1.807) is 18.2 Å². The van der Waals surface area contributed by atoms with Crippen molar-refractivity contribution in [1.82, 2.24) is 5.32 Å². The lowest BCUT2D eigenvalue weighted by molar-refractivity contribution is -0.117. The Morgan fingerprint density at radius 2 is 1.85 bits per heavy atom. The van der Waals surface area contributed by atoms with Gasteiger partial charge in [-0.25, -0.2) is 13.6 Å². The maximum Gasteiger partial charge on any atom is 0.244 e. The summed E-state index contributed by atoms with van der Waals surface area (Å²) in [5.74, 6) is 0.388. The van der Waals surface area contributed by atoms with Crippen LogP contribution >= 0.6 is 0 Å². The van der Waals surface area contributed by atoms with E-state index in [4.69, 9.17) is 9.56 Å². The summed E-state index contributed by atoms with van der Waals surface area (Å²) in [5.41, 5.74) is 1.46. The molecule has 0 bridgehead atoms. The Kier molecular flexibility index (Phi) is 4.92. The normalized spacial score (nSPS) is 13.2. The summed E-state index contributed by atoms with van der Waals surface area (Å²) in [6.45, 7) is 1.84. The molecule has 1 heterocycles. The second kappa shape index (κ2) is 7.15. The average Bonchev–Trinajstić information content (AvgIpc) is 3.04. The van der Waals surface area contributed by atoms with E-state index in [1.165, 1.54) is 18.2 Å². The second-order valence-electron chi connectivity index (χ2n) is 5.86. The maximum absolute atomic E-state index is 12.1. The summed E-state index contributed by atoms with van der Waals surface area (Å²) in [7, 11) is -3.72. The van der Waals surface area contributed by atoms with Gasteiger partial charge < -0.3 is 9.73 Å². The van der Waals surface area contributed by atoms with Gasteiger partial charge in [0.05, 0.1) is 10.9 Å². The van der Waals surface area contributed by atoms with Gasteiger partial charge in [0.25, 0.3) is 0 Å². The minimum absolute atomic E-state index is 0.0256. The number of rotatable bonds is 5. The van der Waals surface area contributed by atoms with Crippen molar-refractivity contribution in [2.75, 3.05) is 0 Å². The molecule has 1 amide bonds. The van der Waals surface area contributed by atoms with Crippen molar-refractivity contribution < 1.29 is 17.6 Å². The van der Waals surface area contributed by atoms with Crippen LogP contribution in [0.25, 0.3) is 17.0 Å². The molecule has 0 aliphatic heterocycles. The monoisotopic (exact) mass is 370 g/mol. The van der Waals surface area contributed by atoms with Gasteiger partial charge in [0.2, 0.25) is 15.9 Å². The Hall–Kier alpha value is -2.90. The molecule has 134 valence electrons. The number of hydrogen-bond acceptors (Lipinski definition) is 4. The highest BCUT2D eigenvalue weighted by Crippen LogP contribution is 2.23. The number of carbonyl (C=O) groups is 1. The van der Waals surface area contributed by atoms with Crippen LogP contribution in [0.5, 0.6) is 0 Å². The Labute approximate surface area is 151 Å². The third-order valence-electron chi connectivity index (χ3n) is 3.87. The number of benzene rings is 2. The smallest absolute Gasteiger partial charge is 0.244 e. The van der Waals surface area contributed by atoms with Crippen LogP contribution < -0.4 is 10.5 Å². The number of sulfonamides is 1. The summed E-state index contributed by atoms with van der Waals surface area (Å²) < 4.78 is 28.2. The number of nitrogens with two attached hydrogens (primary N) is 1. The number of fused-ring (bicyclic) bond motifs is 1. The summed E-state index contributed by atoms with van der Waals surface area (Å²) in [6.07, 6.45) is 2.97. The molecule has 2 aromatic carbocycles. The molecule has 0 aliphatic rings. The first-order valence-corrected chi connectivity index (χ1v) is 9.47. The molecule has 0 radical (unpaired) electrons. The topological polar surface area (TPSA) is 102 Å².